The first-order valence-electron chi connectivity index (χ1n) is 7.12. The molecule has 0 unspecified atom stereocenters. The highest BCUT2D eigenvalue weighted by Gasteiger charge is 2.12. The summed E-state index contributed by atoms with van der Waals surface area (Å²) in [5, 5.41) is 6.78. The van der Waals surface area contributed by atoms with Crippen LogP contribution in [0.2, 0.25) is 0 Å². The standard InChI is InChI=1S/C15H23FN2O/c1-2-19-15-4-3-14(16)9-13(15)11-18-10-12-5-7-17-8-6-12/h3-4,9,12,17-18H,2,5-8,10-11H2,1H3. The molecule has 0 aliphatic carbocycles. The zero-order chi connectivity index (χ0) is 13.5. The van der Waals surface area contributed by atoms with Gasteiger partial charge in [0, 0.05) is 12.1 Å². The first kappa shape index (κ1) is 14.3. The van der Waals surface area contributed by atoms with Crippen LogP contribution in [0.4, 0.5) is 4.39 Å². The van der Waals surface area contributed by atoms with Crippen LogP contribution in [0.5, 0.6) is 5.75 Å². The molecule has 19 heavy (non-hydrogen) atoms. The monoisotopic (exact) mass is 266 g/mol. The molecule has 0 amide bonds. The first-order chi connectivity index (χ1) is 9.29. The molecule has 4 heteroatoms. The number of hydrogen-bond donors (Lipinski definition) is 2. The van der Waals surface area contributed by atoms with Crippen molar-refractivity contribution in [2.24, 2.45) is 5.92 Å². The van der Waals surface area contributed by atoms with Crippen LogP contribution in [-0.4, -0.2) is 26.2 Å². The smallest absolute Gasteiger partial charge is 0.123 e. The molecule has 0 aromatic heterocycles. The van der Waals surface area contributed by atoms with Crippen molar-refractivity contribution in [1.82, 2.24) is 10.6 Å². The van der Waals surface area contributed by atoms with Crippen LogP contribution in [0, 0.1) is 11.7 Å². The topological polar surface area (TPSA) is 33.3 Å². The van der Waals surface area contributed by atoms with E-state index in [4.69, 9.17) is 4.74 Å². The van der Waals surface area contributed by atoms with E-state index in [1.54, 1.807) is 12.1 Å². The van der Waals surface area contributed by atoms with E-state index in [1.165, 1.54) is 18.9 Å². The molecule has 0 saturated carbocycles. The summed E-state index contributed by atoms with van der Waals surface area (Å²) >= 11 is 0. The summed E-state index contributed by atoms with van der Waals surface area (Å²) in [5.41, 5.74) is 0.899. The lowest BCUT2D eigenvalue weighted by molar-refractivity contribution is 0.330. The molecule has 1 aromatic carbocycles. The molecule has 1 aromatic rings. The Morgan fingerprint density at radius 3 is 2.89 bits per heavy atom. The molecular formula is C15H23FN2O. The van der Waals surface area contributed by atoms with Gasteiger partial charge in [-0.05, 0) is 63.5 Å². The Morgan fingerprint density at radius 1 is 1.37 bits per heavy atom. The summed E-state index contributed by atoms with van der Waals surface area (Å²) in [6.07, 6.45) is 2.43. The second-order valence-corrected chi connectivity index (χ2v) is 5.01. The molecule has 0 radical (unpaired) electrons. The first-order valence-corrected chi connectivity index (χ1v) is 7.12. The van der Waals surface area contributed by atoms with Crippen LogP contribution in [-0.2, 0) is 6.54 Å². The molecule has 1 saturated heterocycles. The lowest BCUT2D eigenvalue weighted by Crippen LogP contribution is -2.33. The quantitative estimate of drug-likeness (QED) is 0.829. The number of rotatable bonds is 6. The third kappa shape index (κ3) is 4.48. The van der Waals surface area contributed by atoms with Crippen molar-refractivity contribution in [1.29, 1.82) is 0 Å². The minimum atomic E-state index is -0.206. The van der Waals surface area contributed by atoms with Gasteiger partial charge in [-0.25, -0.2) is 4.39 Å². The van der Waals surface area contributed by atoms with E-state index in [2.05, 4.69) is 10.6 Å². The van der Waals surface area contributed by atoms with Crippen molar-refractivity contribution in [3.05, 3.63) is 29.6 Å². The molecule has 1 heterocycles. The predicted octanol–water partition coefficient (Wildman–Crippen LogP) is 2.31. The van der Waals surface area contributed by atoms with Gasteiger partial charge in [0.15, 0.2) is 0 Å². The summed E-state index contributed by atoms with van der Waals surface area (Å²) in [7, 11) is 0. The Labute approximate surface area is 114 Å². The van der Waals surface area contributed by atoms with Gasteiger partial charge in [-0.3, -0.25) is 0 Å². The molecule has 0 spiro atoms. The minimum Gasteiger partial charge on any atom is -0.494 e. The van der Waals surface area contributed by atoms with E-state index in [1.807, 2.05) is 6.92 Å². The lowest BCUT2D eigenvalue weighted by Gasteiger charge is -2.23. The van der Waals surface area contributed by atoms with Crippen molar-refractivity contribution >= 4 is 0 Å². The van der Waals surface area contributed by atoms with Gasteiger partial charge >= 0.3 is 0 Å². The Morgan fingerprint density at radius 2 is 2.16 bits per heavy atom. The Bertz CT molecular complexity index is 392. The van der Waals surface area contributed by atoms with Crippen LogP contribution < -0.4 is 15.4 Å². The van der Waals surface area contributed by atoms with E-state index >= 15 is 0 Å². The average molecular weight is 266 g/mol. The number of nitrogens with one attached hydrogen (secondary N) is 2. The number of benzene rings is 1. The average Bonchev–Trinajstić information content (AvgIpc) is 2.43. The van der Waals surface area contributed by atoms with Crippen molar-refractivity contribution in [2.45, 2.75) is 26.3 Å². The SMILES string of the molecule is CCOc1ccc(F)cc1CNCC1CCNCC1. The number of hydrogen-bond acceptors (Lipinski definition) is 3. The van der Waals surface area contributed by atoms with Gasteiger partial charge in [-0.2, -0.15) is 0 Å². The van der Waals surface area contributed by atoms with Gasteiger partial charge in [0.1, 0.15) is 11.6 Å². The maximum absolute atomic E-state index is 13.3. The summed E-state index contributed by atoms with van der Waals surface area (Å²) in [6.45, 7) is 6.41. The van der Waals surface area contributed by atoms with Crippen molar-refractivity contribution in [3.63, 3.8) is 0 Å². The zero-order valence-corrected chi connectivity index (χ0v) is 11.5. The molecule has 2 rings (SSSR count). The van der Waals surface area contributed by atoms with Crippen LogP contribution in [0.15, 0.2) is 18.2 Å². The van der Waals surface area contributed by atoms with Crippen LogP contribution in [0.3, 0.4) is 0 Å². The molecule has 1 aliphatic rings. The van der Waals surface area contributed by atoms with E-state index in [0.29, 0.717) is 13.2 Å². The molecule has 2 N–H and O–H groups in total. The van der Waals surface area contributed by atoms with Crippen LogP contribution in [0.25, 0.3) is 0 Å². The predicted molar refractivity (Wildman–Crippen MR) is 74.9 cm³/mol. The summed E-state index contributed by atoms with van der Waals surface area (Å²) in [4.78, 5) is 0. The number of ether oxygens (including phenoxy) is 1. The lowest BCUT2D eigenvalue weighted by atomic mass is 9.98. The van der Waals surface area contributed by atoms with Crippen molar-refractivity contribution in [2.75, 3.05) is 26.2 Å². The fourth-order valence-electron chi connectivity index (χ4n) is 2.48. The highest BCUT2D eigenvalue weighted by atomic mass is 19.1. The normalized spacial score (nSPS) is 16.5. The Balaban J connectivity index is 1.85. The molecular weight excluding hydrogens is 243 g/mol. The summed E-state index contributed by atoms with van der Waals surface area (Å²) < 4.78 is 18.8. The molecule has 0 atom stereocenters. The van der Waals surface area contributed by atoms with Crippen molar-refractivity contribution < 1.29 is 9.13 Å². The maximum Gasteiger partial charge on any atom is 0.123 e. The minimum absolute atomic E-state index is 0.206. The third-order valence-electron chi connectivity index (χ3n) is 3.53. The van der Waals surface area contributed by atoms with E-state index in [9.17, 15) is 4.39 Å². The molecule has 0 bridgehead atoms. The van der Waals surface area contributed by atoms with Gasteiger partial charge in [-0.15, -0.1) is 0 Å². The highest BCUT2D eigenvalue weighted by molar-refractivity contribution is 5.33. The van der Waals surface area contributed by atoms with Crippen LogP contribution >= 0.6 is 0 Å². The largest absolute Gasteiger partial charge is 0.494 e. The molecule has 3 nitrogen and oxygen atoms in total. The fraction of sp³-hybridized carbons (Fsp3) is 0.600. The third-order valence-corrected chi connectivity index (χ3v) is 3.53. The Kier molecular flexibility index (Phi) is 5.61. The van der Waals surface area contributed by atoms with Gasteiger partial charge in [0.05, 0.1) is 6.61 Å². The molecule has 1 aliphatic heterocycles. The second-order valence-electron chi connectivity index (χ2n) is 5.01. The highest BCUT2D eigenvalue weighted by Crippen LogP contribution is 2.20. The van der Waals surface area contributed by atoms with Gasteiger partial charge in [0.2, 0.25) is 0 Å². The summed E-state index contributed by atoms with van der Waals surface area (Å²) in [6, 6.07) is 4.71. The van der Waals surface area contributed by atoms with Crippen LogP contribution in [0.1, 0.15) is 25.3 Å². The van der Waals surface area contributed by atoms with Gasteiger partial charge in [-0.1, -0.05) is 0 Å². The molecule has 1 fully saturated rings. The van der Waals surface area contributed by atoms with E-state index in [0.717, 1.165) is 36.9 Å². The summed E-state index contributed by atoms with van der Waals surface area (Å²) in [5.74, 6) is 1.30. The zero-order valence-electron chi connectivity index (χ0n) is 11.5. The van der Waals surface area contributed by atoms with Gasteiger partial charge < -0.3 is 15.4 Å². The van der Waals surface area contributed by atoms with Crippen molar-refractivity contribution in [3.8, 4) is 5.75 Å². The van der Waals surface area contributed by atoms with E-state index in [-0.39, 0.29) is 5.82 Å². The number of piperidine rings is 1. The fourth-order valence-corrected chi connectivity index (χ4v) is 2.48. The second kappa shape index (κ2) is 7.46. The Hall–Kier alpha value is -1.13. The number of halogens is 1. The van der Waals surface area contributed by atoms with E-state index < -0.39 is 0 Å². The molecule has 106 valence electrons. The van der Waals surface area contributed by atoms with Gasteiger partial charge in [0.25, 0.3) is 0 Å². The maximum atomic E-state index is 13.3.